The second kappa shape index (κ2) is 5.92. The molecular weight excluding hydrogens is 253 g/mol. The summed E-state index contributed by atoms with van der Waals surface area (Å²) in [6, 6.07) is 4.09. The predicted molar refractivity (Wildman–Crippen MR) is 63.5 cm³/mol. The van der Waals surface area contributed by atoms with Gasteiger partial charge in [0.15, 0.2) is 0 Å². The summed E-state index contributed by atoms with van der Waals surface area (Å²) in [6.45, 7) is 2.29. The summed E-state index contributed by atoms with van der Waals surface area (Å²) in [6.07, 6.45) is 0. The molecule has 1 unspecified atom stereocenters. The van der Waals surface area contributed by atoms with Gasteiger partial charge in [0.05, 0.1) is 22.6 Å². The van der Waals surface area contributed by atoms with Crippen molar-refractivity contribution >= 4 is 28.9 Å². The number of ether oxygens (including phenoxy) is 1. The molecule has 0 bridgehead atoms. The van der Waals surface area contributed by atoms with Crippen molar-refractivity contribution in [1.82, 2.24) is 0 Å². The number of benzene rings is 1. The molecule has 88 valence electrons. The molecule has 0 aromatic heterocycles. The van der Waals surface area contributed by atoms with Crippen LogP contribution in [0.1, 0.15) is 6.92 Å². The fourth-order valence-electron chi connectivity index (χ4n) is 0.993. The lowest BCUT2D eigenvalue weighted by atomic mass is 10.2. The summed E-state index contributed by atoms with van der Waals surface area (Å²) in [5.74, 6) is 0.942. The SMILES string of the molecule is CC(CCl)COc1cc([N+](=O)[O-])ccc1Cl. The Morgan fingerprint density at radius 3 is 2.81 bits per heavy atom. The van der Waals surface area contributed by atoms with E-state index < -0.39 is 4.92 Å². The largest absolute Gasteiger partial charge is 0.491 e. The average Bonchev–Trinajstić information content (AvgIpc) is 2.27. The van der Waals surface area contributed by atoms with Gasteiger partial charge in [-0.1, -0.05) is 18.5 Å². The van der Waals surface area contributed by atoms with Gasteiger partial charge in [0.1, 0.15) is 5.75 Å². The van der Waals surface area contributed by atoms with Crippen molar-refractivity contribution in [3.63, 3.8) is 0 Å². The van der Waals surface area contributed by atoms with Crippen LogP contribution in [0, 0.1) is 16.0 Å². The monoisotopic (exact) mass is 263 g/mol. The Balaban J connectivity index is 2.78. The van der Waals surface area contributed by atoms with Crippen LogP contribution in [0.3, 0.4) is 0 Å². The zero-order valence-electron chi connectivity index (χ0n) is 8.65. The highest BCUT2D eigenvalue weighted by molar-refractivity contribution is 6.32. The molecule has 1 atom stereocenters. The molecule has 0 N–H and O–H groups in total. The van der Waals surface area contributed by atoms with Crippen molar-refractivity contribution in [3.05, 3.63) is 33.3 Å². The van der Waals surface area contributed by atoms with Gasteiger partial charge in [-0.15, -0.1) is 11.6 Å². The minimum atomic E-state index is -0.492. The molecule has 1 aromatic carbocycles. The smallest absolute Gasteiger partial charge is 0.273 e. The second-order valence-electron chi connectivity index (χ2n) is 3.44. The standard InChI is InChI=1S/C10H11Cl2NO3/c1-7(5-11)6-16-10-4-8(13(14)15)2-3-9(10)12/h2-4,7H,5-6H2,1H3. The number of halogens is 2. The van der Waals surface area contributed by atoms with E-state index in [0.717, 1.165) is 0 Å². The number of nitro groups is 1. The highest BCUT2D eigenvalue weighted by Gasteiger charge is 2.11. The summed E-state index contributed by atoms with van der Waals surface area (Å²) >= 11 is 11.5. The first kappa shape index (κ1) is 13.1. The van der Waals surface area contributed by atoms with E-state index >= 15 is 0 Å². The van der Waals surface area contributed by atoms with Crippen LogP contribution in [0.4, 0.5) is 5.69 Å². The molecule has 0 radical (unpaired) electrons. The molecule has 16 heavy (non-hydrogen) atoms. The lowest BCUT2D eigenvalue weighted by Crippen LogP contribution is -2.10. The Morgan fingerprint density at radius 1 is 1.56 bits per heavy atom. The third-order valence-electron chi connectivity index (χ3n) is 1.91. The van der Waals surface area contributed by atoms with Crippen LogP contribution in [0.15, 0.2) is 18.2 Å². The molecular formula is C10H11Cl2NO3. The van der Waals surface area contributed by atoms with E-state index in [1.54, 1.807) is 0 Å². The summed E-state index contributed by atoms with van der Waals surface area (Å²) < 4.78 is 5.36. The number of hydrogen-bond acceptors (Lipinski definition) is 3. The van der Waals surface area contributed by atoms with Gasteiger partial charge in [0, 0.05) is 17.9 Å². The number of nitrogens with zero attached hydrogens (tertiary/aromatic N) is 1. The lowest BCUT2D eigenvalue weighted by Gasteiger charge is -2.11. The van der Waals surface area contributed by atoms with Gasteiger partial charge in [-0.05, 0) is 6.07 Å². The van der Waals surface area contributed by atoms with Crippen LogP contribution in [0.2, 0.25) is 5.02 Å². The predicted octanol–water partition coefficient (Wildman–Crippen LogP) is 3.50. The molecule has 1 aromatic rings. The molecule has 4 nitrogen and oxygen atoms in total. The van der Waals surface area contributed by atoms with Gasteiger partial charge in [0.25, 0.3) is 5.69 Å². The molecule has 0 saturated heterocycles. The van der Waals surface area contributed by atoms with Crippen molar-refractivity contribution in [2.45, 2.75) is 6.92 Å². The topological polar surface area (TPSA) is 52.4 Å². The van der Waals surface area contributed by atoms with E-state index in [2.05, 4.69) is 0 Å². The van der Waals surface area contributed by atoms with Crippen LogP contribution >= 0.6 is 23.2 Å². The van der Waals surface area contributed by atoms with E-state index in [0.29, 0.717) is 23.3 Å². The zero-order valence-corrected chi connectivity index (χ0v) is 10.2. The highest BCUT2D eigenvalue weighted by Crippen LogP contribution is 2.29. The van der Waals surface area contributed by atoms with Crippen molar-refractivity contribution < 1.29 is 9.66 Å². The first-order valence-electron chi connectivity index (χ1n) is 4.67. The van der Waals surface area contributed by atoms with E-state index in [1.165, 1.54) is 18.2 Å². The summed E-state index contributed by atoms with van der Waals surface area (Å²) in [4.78, 5) is 10.1. The van der Waals surface area contributed by atoms with Gasteiger partial charge < -0.3 is 4.74 Å². The van der Waals surface area contributed by atoms with Crippen LogP contribution < -0.4 is 4.74 Å². The average molecular weight is 264 g/mol. The molecule has 0 aliphatic carbocycles. The van der Waals surface area contributed by atoms with Gasteiger partial charge in [-0.25, -0.2) is 0 Å². The summed E-state index contributed by atoms with van der Waals surface area (Å²) in [7, 11) is 0. The fourth-order valence-corrected chi connectivity index (χ4v) is 1.25. The quantitative estimate of drug-likeness (QED) is 0.464. The number of alkyl halides is 1. The maximum Gasteiger partial charge on any atom is 0.273 e. The molecule has 0 spiro atoms. The highest BCUT2D eigenvalue weighted by atomic mass is 35.5. The number of hydrogen-bond donors (Lipinski definition) is 0. The van der Waals surface area contributed by atoms with Crippen LogP contribution in [0.25, 0.3) is 0 Å². The van der Waals surface area contributed by atoms with Crippen LogP contribution in [-0.4, -0.2) is 17.4 Å². The summed E-state index contributed by atoms with van der Waals surface area (Å²) in [5, 5.41) is 10.9. The van der Waals surface area contributed by atoms with Crippen molar-refractivity contribution in [2.24, 2.45) is 5.92 Å². The molecule has 0 aliphatic heterocycles. The maximum absolute atomic E-state index is 10.5. The second-order valence-corrected chi connectivity index (χ2v) is 4.16. The molecule has 0 amide bonds. The zero-order chi connectivity index (χ0) is 12.1. The number of nitro benzene ring substituents is 1. The van der Waals surface area contributed by atoms with Gasteiger partial charge in [-0.2, -0.15) is 0 Å². The van der Waals surface area contributed by atoms with E-state index in [1.807, 2.05) is 6.92 Å². The Morgan fingerprint density at radius 2 is 2.25 bits per heavy atom. The molecule has 6 heteroatoms. The van der Waals surface area contributed by atoms with Crippen molar-refractivity contribution in [3.8, 4) is 5.75 Å². The minimum absolute atomic E-state index is 0.0436. The van der Waals surface area contributed by atoms with E-state index in [-0.39, 0.29) is 11.6 Å². The summed E-state index contributed by atoms with van der Waals surface area (Å²) in [5.41, 5.74) is -0.0436. The van der Waals surface area contributed by atoms with Crippen molar-refractivity contribution in [1.29, 1.82) is 0 Å². The van der Waals surface area contributed by atoms with Crippen molar-refractivity contribution in [2.75, 3.05) is 12.5 Å². The molecule has 0 aliphatic rings. The Bertz CT molecular complexity index is 384. The first-order valence-corrected chi connectivity index (χ1v) is 5.58. The van der Waals surface area contributed by atoms with E-state index in [4.69, 9.17) is 27.9 Å². The fraction of sp³-hybridized carbons (Fsp3) is 0.400. The van der Waals surface area contributed by atoms with Crippen LogP contribution in [-0.2, 0) is 0 Å². The Hall–Kier alpha value is -1.000. The van der Waals surface area contributed by atoms with E-state index in [9.17, 15) is 10.1 Å². The third-order valence-corrected chi connectivity index (χ3v) is 2.75. The maximum atomic E-state index is 10.5. The Labute approximate surface area is 103 Å². The minimum Gasteiger partial charge on any atom is -0.491 e. The third kappa shape index (κ3) is 3.54. The van der Waals surface area contributed by atoms with Gasteiger partial charge >= 0.3 is 0 Å². The van der Waals surface area contributed by atoms with Gasteiger partial charge in [0.2, 0.25) is 0 Å². The molecule has 0 saturated carbocycles. The van der Waals surface area contributed by atoms with Crippen LogP contribution in [0.5, 0.6) is 5.75 Å². The Kier molecular flexibility index (Phi) is 4.83. The molecule has 1 rings (SSSR count). The first-order chi connectivity index (χ1) is 7.54. The lowest BCUT2D eigenvalue weighted by molar-refractivity contribution is -0.384. The number of non-ortho nitro benzene ring substituents is 1. The van der Waals surface area contributed by atoms with Gasteiger partial charge in [-0.3, -0.25) is 10.1 Å². The molecule has 0 fully saturated rings. The molecule has 0 heterocycles. The normalized spacial score (nSPS) is 12.2. The number of rotatable bonds is 5.